The molecule has 364 valence electrons. The average Bonchev–Trinajstić information content (AvgIpc) is 3.76. The van der Waals surface area contributed by atoms with Crippen LogP contribution in [0.15, 0.2) is 91.1 Å². The molecule has 0 radical (unpaired) electrons. The summed E-state index contributed by atoms with van der Waals surface area (Å²) < 4.78 is 48.7. The number of hydrogen-bond donors (Lipinski definition) is 1. The zero-order valence-electron chi connectivity index (χ0n) is 41.0. The Balaban J connectivity index is 1.38. The Bertz CT molecular complexity index is 2510. The maximum Gasteiger partial charge on any atom is 0.410 e. The van der Waals surface area contributed by atoms with Crippen LogP contribution in [-0.2, 0) is 29.2 Å². The number of carbonyl (C=O) groups is 1. The Hall–Kier alpha value is -6.78. The van der Waals surface area contributed by atoms with E-state index in [0.29, 0.717) is 90.7 Å². The van der Waals surface area contributed by atoms with E-state index in [2.05, 4.69) is 11.8 Å². The number of aliphatic hydroxyl groups excluding tert-OH is 1. The monoisotopic (exact) mass is 934 g/mol. The number of rotatable bonds is 24. The lowest BCUT2D eigenvalue weighted by atomic mass is 10.0. The van der Waals surface area contributed by atoms with Crippen LogP contribution < -0.4 is 33.3 Å². The molecule has 6 aromatic rings. The molecule has 2 heterocycles. The summed E-state index contributed by atoms with van der Waals surface area (Å²) in [5.74, 6) is 3.56. The van der Waals surface area contributed by atoms with Gasteiger partial charge in [0.05, 0.1) is 60.1 Å². The molecule has 0 saturated carbocycles. The van der Waals surface area contributed by atoms with Gasteiger partial charge in [-0.25, -0.2) is 14.3 Å². The zero-order chi connectivity index (χ0) is 48.8. The number of benzene rings is 4. The minimum absolute atomic E-state index is 0.102. The topological polar surface area (TPSA) is 161 Å². The molecule has 68 heavy (non-hydrogen) atoms. The van der Waals surface area contributed by atoms with Crippen LogP contribution in [-0.4, -0.2) is 103 Å². The molecule has 1 unspecified atom stereocenters. The van der Waals surface area contributed by atoms with Gasteiger partial charge in [-0.15, -0.1) is 5.10 Å². The number of aromatic nitrogens is 4. The number of carbonyl (C=O) groups excluding carboxylic acids is 1. The predicted molar refractivity (Wildman–Crippen MR) is 259 cm³/mol. The second-order valence-corrected chi connectivity index (χ2v) is 17.4. The molecular weight excluding hydrogens is 869 g/mol. The smallest absolute Gasteiger partial charge is 0.410 e. The summed E-state index contributed by atoms with van der Waals surface area (Å²) in [4.78, 5) is 26.0. The van der Waals surface area contributed by atoms with Crippen LogP contribution in [0.25, 0.3) is 5.65 Å². The van der Waals surface area contributed by atoms with Gasteiger partial charge in [0.2, 0.25) is 0 Å². The van der Waals surface area contributed by atoms with E-state index in [-0.39, 0.29) is 18.7 Å². The number of hydrogen-bond acceptors (Lipinski definition) is 14. The SMILES string of the molecule is CCC[C@H](CCOCc1ccccc1)Oc1nc(N(Cc2ccc(OC)cc2OC)Cc2ccc(OC)cc2OC)c2ncc(C(O)c3ccc(OCCN(C)C(=O)OC(C)(C)C)cc3C)n2n1. The minimum Gasteiger partial charge on any atom is -0.497 e. The number of aryl methyl sites for hydroxylation is 1. The Morgan fingerprint density at radius 2 is 1.46 bits per heavy atom. The standard InChI is InChI=1S/C52H66N6O10/c1-11-15-39(24-26-65-34-36-16-13-12-14-17-36)67-50-54-49(57(32-37-18-20-40(61-7)29-45(37)63-9)33-38-19-21-41(62-8)30-46(38)64-10)48-53-31-44(58(48)55-50)47(59)43-23-22-42(28-35(43)2)66-27-25-56(6)51(60)68-52(3,4)5/h12-14,16-23,28-31,39,47,59H,11,15,24-27,32-34H2,1-10H3/t39-,47?/m1/s1. The van der Waals surface area contributed by atoms with Crippen molar-refractivity contribution in [1.29, 1.82) is 0 Å². The first-order chi connectivity index (χ1) is 32.7. The van der Waals surface area contributed by atoms with Crippen molar-refractivity contribution in [1.82, 2.24) is 24.5 Å². The number of amides is 1. The molecule has 0 spiro atoms. The van der Waals surface area contributed by atoms with E-state index >= 15 is 0 Å². The lowest BCUT2D eigenvalue weighted by Gasteiger charge is -2.27. The lowest BCUT2D eigenvalue weighted by Crippen LogP contribution is -2.36. The Labute approximate surface area is 399 Å². The van der Waals surface area contributed by atoms with Crippen molar-refractivity contribution in [2.75, 3.05) is 60.1 Å². The maximum absolute atomic E-state index is 12.5. The van der Waals surface area contributed by atoms with Gasteiger partial charge in [0.25, 0.3) is 0 Å². The highest BCUT2D eigenvalue weighted by molar-refractivity contribution is 5.68. The minimum atomic E-state index is -1.16. The molecule has 0 aliphatic rings. The number of methoxy groups -OCH3 is 4. The Morgan fingerprint density at radius 1 is 0.809 bits per heavy atom. The quantitative estimate of drug-likeness (QED) is 0.0572. The van der Waals surface area contributed by atoms with Crippen molar-refractivity contribution < 1.29 is 47.8 Å². The molecule has 0 saturated heterocycles. The van der Waals surface area contributed by atoms with Crippen LogP contribution in [0.1, 0.15) is 86.6 Å². The first kappa shape index (κ1) is 50.6. The van der Waals surface area contributed by atoms with Crippen molar-refractivity contribution in [3.8, 4) is 34.8 Å². The molecule has 1 N–H and O–H groups in total. The van der Waals surface area contributed by atoms with Gasteiger partial charge < -0.3 is 52.8 Å². The molecule has 6 rings (SSSR count). The molecule has 2 aromatic heterocycles. The van der Waals surface area contributed by atoms with Crippen LogP contribution >= 0.6 is 0 Å². The number of nitrogens with zero attached hydrogens (tertiary/aromatic N) is 6. The fraction of sp³-hybridized carbons (Fsp3) is 0.423. The molecule has 0 aliphatic carbocycles. The van der Waals surface area contributed by atoms with Crippen molar-refractivity contribution in [3.63, 3.8) is 0 Å². The lowest BCUT2D eigenvalue weighted by molar-refractivity contribution is 0.0278. The average molecular weight is 935 g/mol. The van der Waals surface area contributed by atoms with Gasteiger partial charge in [-0.05, 0) is 87.2 Å². The number of fused-ring (bicyclic) bond motifs is 1. The number of ether oxygens (including phenoxy) is 8. The number of likely N-dealkylation sites (N-methyl/N-ethyl adjacent to an activating group) is 1. The van der Waals surface area contributed by atoms with Gasteiger partial charge in [0, 0.05) is 49.8 Å². The van der Waals surface area contributed by atoms with Crippen LogP contribution in [0.3, 0.4) is 0 Å². The van der Waals surface area contributed by atoms with Crippen molar-refractivity contribution in [2.24, 2.45) is 0 Å². The summed E-state index contributed by atoms with van der Waals surface area (Å²) in [7, 11) is 8.13. The van der Waals surface area contributed by atoms with Gasteiger partial charge >= 0.3 is 12.1 Å². The third kappa shape index (κ3) is 13.4. The molecular formula is C52H66N6O10. The van der Waals surface area contributed by atoms with Gasteiger partial charge in [0.1, 0.15) is 53.2 Å². The van der Waals surface area contributed by atoms with E-state index in [1.165, 1.54) is 4.90 Å². The van der Waals surface area contributed by atoms with Crippen LogP contribution in [0.4, 0.5) is 10.6 Å². The second-order valence-electron chi connectivity index (χ2n) is 17.4. The van der Waals surface area contributed by atoms with Gasteiger partial charge in [0.15, 0.2) is 11.5 Å². The van der Waals surface area contributed by atoms with E-state index in [0.717, 1.165) is 35.1 Å². The molecule has 16 nitrogen and oxygen atoms in total. The summed E-state index contributed by atoms with van der Waals surface area (Å²) in [6.07, 6.45) is 1.91. The van der Waals surface area contributed by atoms with Crippen molar-refractivity contribution in [2.45, 2.75) is 91.4 Å². The molecule has 1 amide bonds. The Kier molecular flexibility index (Phi) is 17.7. The van der Waals surface area contributed by atoms with Crippen molar-refractivity contribution in [3.05, 3.63) is 125 Å². The van der Waals surface area contributed by atoms with Gasteiger partial charge in [-0.2, -0.15) is 4.98 Å². The zero-order valence-corrected chi connectivity index (χ0v) is 41.0. The molecule has 4 aromatic carbocycles. The van der Waals surface area contributed by atoms with E-state index in [9.17, 15) is 9.90 Å². The van der Waals surface area contributed by atoms with Gasteiger partial charge in [-0.3, -0.25) is 0 Å². The normalized spacial score (nSPS) is 12.3. The first-order valence-corrected chi connectivity index (χ1v) is 22.8. The largest absolute Gasteiger partial charge is 0.497 e. The molecule has 0 bridgehead atoms. The summed E-state index contributed by atoms with van der Waals surface area (Å²) in [5, 5.41) is 17.2. The van der Waals surface area contributed by atoms with Gasteiger partial charge in [-0.1, -0.05) is 49.7 Å². The molecule has 16 heteroatoms. The van der Waals surface area contributed by atoms with Crippen LogP contribution in [0.2, 0.25) is 0 Å². The summed E-state index contributed by atoms with van der Waals surface area (Å²) in [6.45, 7) is 11.6. The Morgan fingerprint density at radius 3 is 2.04 bits per heavy atom. The second kappa shape index (κ2) is 23.8. The molecule has 0 fully saturated rings. The number of aliphatic hydroxyl groups is 1. The summed E-state index contributed by atoms with van der Waals surface area (Å²) in [5.41, 5.74) is 4.36. The third-order valence-corrected chi connectivity index (χ3v) is 11.2. The fourth-order valence-electron chi connectivity index (χ4n) is 7.54. The van der Waals surface area contributed by atoms with Crippen LogP contribution in [0.5, 0.6) is 34.8 Å². The van der Waals surface area contributed by atoms with E-state index in [1.54, 1.807) is 52.3 Å². The number of imidazole rings is 1. The molecule has 2 atom stereocenters. The number of anilines is 1. The highest BCUT2D eigenvalue weighted by Gasteiger charge is 2.27. The highest BCUT2D eigenvalue weighted by atomic mass is 16.6. The van der Waals surface area contributed by atoms with Crippen LogP contribution in [0, 0.1) is 6.92 Å². The first-order valence-electron chi connectivity index (χ1n) is 22.8. The predicted octanol–water partition coefficient (Wildman–Crippen LogP) is 9.16. The third-order valence-electron chi connectivity index (χ3n) is 11.2. The summed E-state index contributed by atoms with van der Waals surface area (Å²) >= 11 is 0. The molecule has 0 aliphatic heterocycles. The van der Waals surface area contributed by atoms with E-state index in [1.807, 2.05) is 107 Å². The fourth-order valence-corrected chi connectivity index (χ4v) is 7.54. The van der Waals surface area contributed by atoms with E-state index in [4.69, 9.17) is 53.0 Å². The highest BCUT2D eigenvalue weighted by Crippen LogP contribution is 2.35. The van der Waals surface area contributed by atoms with E-state index < -0.39 is 17.8 Å². The maximum atomic E-state index is 12.5. The van der Waals surface area contributed by atoms with Crippen molar-refractivity contribution >= 4 is 17.6 Å². The summed E-state index contributed by atoms with van der Waals surface area (Å²) in [6, 6.07) is 27.0.